The summed E-state index contributed by atoms with van der Waals surface area (Å²) in [5.74, 6) is 0. The molecule has 0 unspecified atom stereocenters. The van der Waals surface area contributed by atoms with Crippen LogP contribution in [0, 0.1) is 5.41 Å². The smallest absolute Gasteiger partial charge is 0.407 e. The van der Waals surface area contributed by atoms with Gasteiger partial charge in [0.1, 0.15) is 5.60 Å². The van der Waals surface area contributed by atoms with Gasteiger partial charge in [-0.05, 0) is 64.0 Å². The van der Waals surface area contributed by atoms with Crippen molar-refractivity contribution in [1.82, 2.24) is 15.5 Å². The molecule has 0 saturated carbocycles. The Morgan fingerprint density at radius 3 is 2.31 bits per heavy atom. The molecular weight excluding hydrogens is 368 g/mol. The van der Waals surface area contributed by atoms with E-state index in [0.29, 0.717) is 39.1 Å². The Morgan fingerprint density at radius 2 is 1.72 bits per heavy atom. The number of amides is 3. The Kier molecular flexibility index (Phi) is 8.32. The molecule has 29 heavy (non-hydrogen) atoms. The molecule has 3 amide bonds. The molecule has 0 bridgehead atoms. The van der Waals surface area contributed by atoms with Crippen molar-refractivity contribution in [1.29, 1.82) is 0 Å². The molecule has 0 spiro atoms. The Balaban J connectivity index is 1.67. The number of benzene rings is 1. The SMILES string of the molecule is CC(C)(C)OC(=O)NCCCNC(=O)N1CCC(CN)(Cc2ccccc2)CC1. The normalized spacial score (nSPS) is 16.2. The number of carbonyl (C=O) groups excluding carboxylic acids is 2. The number of nitrogens with two attached hydrogens (primary N) is 1. The fraction of sp³-hybridized carbons (Fsp3) is 0.636. The van der Waals surface area contributed by atoms with Crippen LogP contribution in [0.1, 0.15) is 45.6 Å². The number of nitrogens with one attached hydrogen (secondary N) is 2. The van der Waals surface area contributed by atoms with Crippen LogP contribution in [0.2, 0.25) is 0 Å². The lowest BCUT2D eigenvalue weighted by Crippen LogP contribution is -2.50. The summed E-state index contributed by atoms with van der Waals surface area (Å²) in [4.78, 5) is 25.9. The zero-order valence-corrected chi connectivity index (χ0v) is 18.0. The molecule has 0 aliphatic carbocycles. The summed E-state index contributed by atoms with van der Waals surface area (Å²) in [7, 11) is 0. The molecule has 0 radical (unpaired) electrons. The van der Waals surface area contributed by atoms with E-state index in [9.17, 15) is 9.59 Å². The first-order valence-corrected chi connectivity index (χ1v) is 10.5. The van der Waals surface area contributed by atoms with Crippen LogP contribution in [0.25, 0.3) is 0 Å². The van der Waals surface area contributed by atoms with Crippen molar-refractivity contribution in [3.8, 4) is 0 Å². The van der Waals surface area contributed by atoms with E-state index < -0.39 is 11.7 Å². The Morgan fingerprint density at radius 1 is 1.10 bits per heavy atom. The van der Waals surface area contributed by atoms with Crippen LogP contribution in [0.3, 0.4) is 0 Å². The third kappa shape index (κ3) is 7.93. The molecule has 1 aromatic rings. The van der Waals surface area contributed by atoms with E-state index in [4.69, 9.17) is 10.5 Å². The lowest BCUT2D eigenvalue weighted by atomic mass is 9.74. The molecule has 1 heterocycles. The highest BCUT2D eigenvalue weighted by molar-refractivity contribution is 5.74. The van der Waals surface area contributed by atoms with Gasteiger partial charge >= 0.3 is 12.1 Å². The monoisotopic (exact) mass is 404 g/mol. The number of hydrogen-bond donors (Lipinski definition) is 3. The number of carbonyl (C=O) groups is 2. The number of piperidine rings is 1. The molecule has 0 aromatic heterocycles. The third-order valence-electron chi connectivity index (χ3n) is 5.26. The van der Waals surface area contributed by atoms with Crippen LogP contribution >= 0.6 is 0 Å². The lowest BCUT2D eigenvalue weighted by Gasteiger charge is -2.41. The van der Waals surface area contributed by atoms with Crippen LogP contribution in [0.4, 0.5) is 9.59 Å². The van der Waals surface area contributed by atoms with Gasteiger partial charge in [-0.3, -0.25) is 0 Å². The van der Waals surface area contributed by atoms with Gasteiger partial charge in [-0.25, -0.2) is 9.59 Å². The lowest BCUT2D eigenvalue weighted by molar-refractivity contribution is 0.0527. The fourth-order valence-electron chi connectivity index (χ4n) is 3.57. The summed E-state index contributed by atoms with van der Waals surface area (Å²) in [6.07, 6.45) is 2.99. The van der Waals surface area contributed by atoms with E-state index in [1.54, 1.807) is 0 Å². The van der Waals surface area contributed by atoms with Crippen molar-refractivity contribution in [2.45, 2.75) is 52.1 Å². The van der Waals surface area contributed by atoms with Crippen LogP contribution in [-0.4, -0.2) is 55.3 Å². The van der Waals surface area contributed by atoms with E-state index in [2.05, 4.69) is 34.9 Å². The molecule has 7 nitrogen and oxygen atoms in total. The highest BCUT2D eigenvalue weighted by Gasteiger charge is 2.34. The van der Waals surface area contributed by atoms with Gasteiger partial charge in [-0.1, -0.05) is 30.3 Å². The van der Waals surface area contributed by atoms with E-state index >= 15 is 0 Å². The van der Waals surface area contributed by atoms with Crippen molar-refractivity contribution in [3.05, 3.63) is 35.9 Å². The largest absolute Gasteiger partial charge is 0.444 e. The molecule has 7 heteroatoms. The molecule has 1 aromatic carbocycles. The number of alkyl carbamates (subject to hydrolysis) is 1. The number of urea groups is 1. The molecular formula is C22H36N4O3. The quantitative estimate of drug-likeness (QED) is 0.609. The summed E-state index contributed by atoms with van der Waals surface area (Å²) in [5, 5.41) is 5.63. The molecule has 0 atom stereocenters. The van der Waals surface area contributed by atoms with Crippen molar-refractivity contribution in [2.24, 2.45) is 11.1 Å². The maximum absolute atomic E-state index is 12.4. The van der Waals surface area contributed by atoms with Gasteiger partial charge in [0.25, 0.3) is 0 Å². The Bertz CT molecular complexity index is 650. The maximum Gasteiger partial charge on any atom is 0.407 e. The second-order valence-electron chi connectivity index (χ2n) is 8.87. The van der Waals surface area contributed by atoms with Gasteiger partial charge in [0.15, 0.2) is 0 Å². The molecule has 162 valence electrons. The Hall–Kier alpha value is -2.28. The average Bonchev–Trinajstić information content (AvgIpc) is 2.67. The van der Waals surface area contributed by atoms with Crippen molar-refractivity contribution in [2.75, 3.05) is 32.7 Å². The second-order valence-corrected chi connectivity index (χ2v) is 8.87. The van der Waals surface area contributed by atoms with Crippen molar-refractivity contribution >= 4 is 12.1 Å². The van der Waals surface area contributed by atoms with Gasteiger partial charge in [0.2, 0.25) is 0 Å². The number of likely N-dealkylation sites (tertiary alicyclic amines) is 1. The molecule has 1 fully saturated rings. The average molecular weight is 405 g/mol. The number of hydrogen-bond acceptors (Lipinski definition) is 4. The maximum atomic E-state index is 12.4. The van der Waals surface area contributed by atoms with E-state index in [1.165, 1.54) is 5.56 Å². The zero-order valence-electron chi connectivity index (χ0n) is 18.0. The van der Waals surface area contributed by atoms with Gasteiger partial charge in [0.05, 0.1) is 0 Å². The van der Waals surface area contributed by atoms with E-state index in [0.717, 1.165) is 19.3 Å². The summed E-state index contributed by atoms with van der Waals surface area (Å²) in [5.41, 5.74) is 6.98. The summed E-state index contributed by atoms with van der Waals surface area (Å²) >= 11 is 0. The number of rotatable bonds is 7. The molecule has 1 saturated heterocycles. The van der Waals surface area contributed by atoms with Crippen molar-refractivity contribution < 1.29 is 14.3 Å². The summed E-state index contributed by atoms with van der Waals surface area (Å²) in [6.45, 7) is 8.51. The molecule has 1 aliphatic rings. The zero-order chi connectivity index (χ0) is 21.3. The highest BCUT2D eigenvalue weighted by Crippen LogP contribution is 2.34. The van der Waals surface area contributed by atoms with Crippen LogP contribution in [0.15, 0.2) is 30.3 Å². The first kappa shape index (κ1) is 23.0. The third-order valence-corrected chi connectivity index (χ3v) is 5.26. The van der Waals surface area contributed by atoms with Crippen molar-refractivity contribution in [3.63, 3.8) is 0 Å². The molecule has 4 N–H and O–H groups in total. The van der Waals surface area contributed by atoms with Crippen LogP contribution < -0.4 is 16.4 Å². The Labute approximate surface area is 174 Å². The second kappa shape index (κ2) is 10.5. The van der Waals surface area contributed by atoms with E-state index in [1.807, 2.05) is 31.7 Å². The predicted molar refractivity (Wildman–Crippen MR) is 115 cm³/mol. The topological polar surface area (TPSA) is 96.7 Å². The van der Waals surface area contributed by atoms with E-state index in [-0.39, 0.29) is 11.4 Å². The first-order chi connectivity index (χ1) is 13.7. The molecule has 2 rings (SSSR count). The summed E-state index contributed by atoms with van der Waals surface area (Å²) in [6, 6.07) is 10.4. The first-order valence-electron chi connectivity index (χ1n) is 10.5. The number of nitrogens with zero attached hydrogens (tertiary/aromatic N) is 1. The fourth-order valence-corrected chi connectivity index (χ4v) is 3.57. The number of ether oxygens (including phenoxy) is 1. The minimum absolute atomic E-state index is 0.0485. The minimum atomic E-state index is -0.508. The minimum Gasteiger partial charge on any atom is -0.444 e. The summed E-state index contributed by atoms with van der Waals surface area (Å²) < 4.78 is 5.18. The van der Waals surface area contributed by atoms with Gasteiger partial charge in [0, 0.05) is 26.2 Å². The standard InChI is InChI=1S/C22H36N4O3/c1-21(2,3)29-20(28)25-13-7-12-24-19(27)26-14-10-22(17-23,11-15-26)16-18-8-5-4-6-9-18/h4-6,8-9H,7,10-17,23H2,1-3H3,(H,24,27)(H,25,28). The van der Waals surface area contributed by atoms with Crippen LogP contribution in [0.5, 0.6) is 0 Å². The van der Waals surface area contributed by atoms with Gasteiger partial charge < -0.3 is 26.0 Å². The molecule has 1 aliphatic heterocycles. The van der Waals surface area contributed by atoms with Crippen LogP contribution in [-0.2, 0) is 11.2 Å². The van der Waals surface area contributed by atoms with Gasteiger partial charge in [-0.15, -0.1) is 0 Å². The highest BCUT2D eigenvalue weighted by atomic mass is 16.6. The van der Waals surface area contributed by atoms with Gasteiger partial charge in [-0.2, -0.15) is 0 Å². The predicted octanol–water partition coefficient (Wildman–Crippen LogP) is 2.89.